The van der Waals surface area contributed by atoms with Crippen LogP contribution in [-0.4, -0.2) is 28.9 Å². The number of carbonyl (C=O) groups is 1. The molecule has 0 spiro atoms. The number of nitrogens with zero attached hydrogens (tertiary/aromatic N) is 1. The smallest absolute Gasteiger partial charge is 0.265 e. The zero-order chi connectivity index (χ0) is 12.1. The number of para-hydroxylation sites is 1. The lowest BCUT2D eigenvalue weighted by atomic mass is 10.1. The van der Waals surface area contributed by atoms with Gasteiger partial charge in [0.2, 0.25) is 0 Å². The number of H-pyrrole nitrogens is 1. The van der Waals surface area contributed by atoms with Gasteiger partial charge in [0.25, 0.3) is 5.91 Å². The summed E-state index contributed by atoms with van der Waals surface area (Å²) in [5.74, 6) is -0.396. The number of nitrogens with one attached hydrogen (secondary N) is 2. The average molecular weight is 231 g/mol. The van der Waals surface area contributed by atoms with E-state index in [2.05, 4.69) is 15.5 Å². The Kier molecular flexibility index (Phi) is 3.40. The summed E-state index contributed by atoms with van der Waals surface area (Å²) in [7, 11) is 0. The van der Waals surface area contributed by atoms with Gasteiger partial charge >= 0.3 is 0 Å². The van der Waals surface area contributed by atoms with Gasteiger partial charge in [0.05, 0.1) is 0 Å². The standard InChI is InChI=1S/C12H13N3O2/c16-12(8-15-17)13-6-5-9-7-14-11-4-2-1-3-10(9)11/h1-4,7-8,14,17H,5-6H2,(H,13,16)/b15-8-. The van der Waals surface area contributed by atoms with Crippen LogP contribution in [0.1, 0.15) is 5.56 Å². The summed E-state index contributed by atoms with van der Waals surface area (Å²) >= 11 is 0. The van der Waals surface area contributed by atoms with Crippen LogP contribution in [0, 0.1) is 0 Å². The van der Waals surface area contributed by atoms with Crippen molar-refractivity contribution in [3.8, 4) is 0 Å². The fraction of sp³-hybridized carbons (Fsp3) is 0.167. The van der Waals surface area contributed by atoms with E-state index in [1.54, 1.807) is 0 Å². The lowest BCUT2D eigenvalue weighted by molar-refractivity contribution is -0.114. The van der Waals surface area contributed by atoms with Crippen molar-refractivity contribution in [3.63, 3.8) is 0 Å². The Morgan fingerprint density at radius 3 is 3.12 bits per heavy atom. The van der Waals surface area contributed by atoms with Gasteiger partial charge in [-0.15, -0.1) is 0 Å². The van der Waals surface area contributed by atoms with E-state index in [-0.39, 0.29) is 0 Å². The molecule has 0 unspecified atom stereocenters. The van der Waals surface area contributed by atoms with Crippen LogP contribution >= 0.6 is 0 Å². The topological polar surface area (TPSA) is 77.5 Å². The number of hydrogen-bond acceptors (Lipinski definition) is 3. The van der Waals surface area contributed by atoms with E-state index >= 15 is 0 Å². The summed E-state index contributed by atoms with van der Waals surface area (Å²) < 4.78 is 0. The Hall–Kier alpha value is -2.30. The number of hydrogen-bond donors (Lipinski definition) is 3. The van der Waals surface area contributed by atoms with Gasteiger partial charge < -0.3 is 15.5 Å². The number of oxime groups is 1. The molecule has 17 heavy (non-hydrogen) atoms. The van der Waals surface area contributed by atoms with E-state index in [1.165, 1.54) is 0 Å². The van der Waals surface area contributed by atoms with E-state index in [0.29, 0.717) is 6.54 Å². The lowest BCUT2D eigenvalue weighted by Crippen LogP contribution is -2.26. The highest BCUT2D eigenvalue weighted by Gasteiger charge is 2.03. The Bertz CT molecular complexity index is 545. The first-order valence-corrected chi connectivity index (χ1v) is 5.31. The maximum absolute atomic E-state index is 11.0. The summed E-state index contributed by atoms with van der Waals surface area (Å²) in [6, 6.07) is 8.01. The fourth-order valence-corrected chi connectivity index (χ4v) is 1.76. The van der Waals surface area contributed by atoms with Crippen molar-refractivity contribution in [2.24, 2.45) is 5.16 Å². The minimum atomic E-state index is -0.396. The van der Waals surface area contributed by atoms with Gasteiger partial charge in [0.15, 0.2) is 0 Å². The van der Waals surface area contributed by atoms with E-state index in [1.807, 2.05) is 30.5 Å². The molecule has 0 fully saturated rings. The minimum absolute atomic E-state index is 0.396. The fourth-order valence-electron chi connectivity index (χ4n) is 1.76. The predicted molar refractivity (Wildman–Crippen MR) is 65.3 cm³/mol. The molecule has 1 heterocycles. The molecule has 0 atom stereocenters. The first-order valence-electron chi connectivity index (χ1n) is 5.31. The van der Waals surface area contributed by atoms with Crippen LogP contribution in [0.5, 0.6) is 0 Å². The third kappa shape index (κ3) is 2.63. The Balaban J connectivity index is 1.97. The molecule has 0 aliphatic heterocycles. The van der Waals surface area contributed by atoms with Gasteiger partial charge in [-0.3, -0.25) is 4.79 Å². The van der Waals surface area contributed by atoms with Gasteiger partial charge in [0.1, 0.15) is 6.21 Å². The highest BCUT2D eigenvalue weighted by molar-refractivity contribution is 6.25. The van der Waals surface area contributed by atoms with Crippen LogP contribution in [-0.2, 0) is 11.2 Å². The second kappa shape index (κ2) is 5.16. The minimum Gasteiger partial charge on any atom is -0.411 e. The third-order valence-corrected chi connectivity index (χ3v) is 2.54. The summed E-state index contributed by atoms with van der Waals surface area (Å²) in [6.07, 6.45) is 3.52. The van der Waals surface area contributed by atoms with Gasteiger partial charge in [-0.1, -0.05) is 23.4 Å². The molecular weight excluding hydrogens is 218 g/mol. The van der Waals surface area contributed by atoms with Gasteiger partial charge in [-0.05, 0) is 18.1 Å². The summed E-state index contributed by atoms with van der Waals surface area (Å²) in [5, 5.41) is 14.6. The SMILES string of the molecule is O=C(/C=N\O)NCCc1c[nH]c2ccccc12. The molecule has 0 saturated carbocycles. The van der Waals surface area contributed by atoms with Crippen molar-refractivity contribution in [2.45, 2.75) is 6.42 Å². The van der Waals surface area contributed by atoms with Crippen molar-refractivity contribution < 1.29 is 10.0 Å². The highest BCUT2D eigenvalue weighted by Crippen LogP contribution is 2.17. The molecule has 5 heteroatoms. The molecule has 2 rings (SSSR count). The number of benzene rings is 1. The molecule has 0 aliphatic carbocycles. The van der Waals surface area contributed by atoms with Crippen molar-refractivity contribution in [1.29, 1.82) is 0 Å². The van der Waals surface area contributed by atoms with Gasteiger partial charge in [0, 0.05) is 23.6 Å². The number of aromatic nitrogens is 1. The second-order valence-electron chi connectivity index (χ2n) is 3.65. The third-order valence-electron chi connectivity index (χ3n) is 2.54. The molecule has 1 aromatic heterocycles. The summed E-state index contributed by atoms with van der Waals surface area (Å²) in [6.45, 7) is 0.507. The van der Waals surface area contributed by atoms with E-state index < -0.39 is 5.91 Å². The Labute approximate surface area is 98.1 Å². The summed E-state index contributed by atoms with van der Waals surface area (Å²) in [4.78, 5) is 14.2. The quantitative estimate of drug-likeness (QED) is 0.421. The maximum atomic E-state index is 11.0. The molecule has 1 amide bonds. The van der Waals surface area contributed by atoms with Crippen molar-refractivity contribution >= 4 is 23.0 Å². The first-order chi connectivity index (χ1) is 8.31. The molecule has 3 N–H and O–H groups in total. The van der Waals surface area contributed by atoms with E-state index in [4.69, 9.17) is 5.21 Å². The lowest BCUT2D eigenvalue weighted by Gasteiger charge is -2.00. The van der Waals surface area contributed by atoms with Crippen molar-refractivity contribution in [1.82, 2.24) is 10.3 Å². The number of rotatable bonds is 4. The molecule has 5 nitrogen and oxygen atoms in total. The Morgan fingerprint density at radius 2 is 2.29 bits per heavy atom. The van der Waals surface area contributed by atoms with Gasteiger partial charge in [-0.2, -0.15) is 0 Å². The molecule has 0 bridgehead atoms. The molecule has 1 aromatic carbocycles. The first kappa shape index (κ1) is 11.2. The molecule has 2 aromatic rings. The summed E-state index contributed by atoms with van der Waals surface area (Å²) in [5.41, 5.74) is 2.24. The number of carbonyl (C=O) groups excluding carboxylic acids is 1. The monoisotopic (exact) mass is 231 g/mol. The largest absolute Gasteiger partial charge is 0.411 e. The zero-order valence-electron chi connectivity index (χ0n) is 9.18. The number of amides is 1. The van der Waals surface area contributed by atoms with Crippen molar-refractivity contribution in [2.75, 3.05) is 6.54 Å². The molecule has 0 aliphatic rings. The van der Waals surface area contributed by atoms with Gasteiger partial charge in [-0.25, -0.2) is 0 Å². The van der Waals surface area contributed by atoms with Crippen LogP contribution in [0.3, 0.4) is 0 Å². The highest BCUT2D eigenvalue weighted by atomic mass is 16.4. The van der Waals surface area contributed by atoms with Crippen LogP contribution in [0.2, 0.25) is 0 Å². The van der Waals surface area contributed by atoms with Crippen LogP contribution in [0.15, 0.2) is 35.6 Å². The van der Waals surface area contributed by atoms with E-state index in [0.717, 1.165) is 29.1 Å². The van der Waals surface area contributed by atoms with E-state index in [9.17, 15) is 4.79 Å². The molecule has 0 radical (unpaired) electrons. The van der Waals surface area contributed by atoms with Crippen LogP contribution in [0.25, 0.3) is 10.9 Å². The number of fused-ring (bicyclic) bond motifs is 1. The normalized spacial score (nSPS) is 11.1. The molecule has 0 saturated heterocycles. The van der Waals surface area contributed by atoms with Crippen LogP contribution < -0.4 is 5.32 Å². The number of aromatic amines is 1. The predicted octanol–water partition coefficient (Wildman–Crippen LogP) is 1.29. The maximum Gasteiger partial charge on any atom is 0.265 e. The van der Waals surface area contributed by atoms with Crippen molar-refractivity contribution in [3.05, 3.63) is 36.0 Å². The van der Waals surface area contributed by atoms with Crippen LogP contribution in [0.4, 0.5) is 0 Å². The molecule has 88 valence electrons. The molecular formula is C12H13N3O2. The average Bonchev–Trinajstić information content (AvgIpc) is 2.73. The second-order valence-corrected chi connectivity index (χ2v) is 3.65. The Morgan fingerprint density at radius 1 is 1.47 bits per heavy atom. The zero-order valence-corrected chi connectivity index (χ0v) is 9.18.